The van der Waals surface area contributed by atoms with E-state index in [9.17, 15) is 4.79 Å². The van der Waals surface area contributed by atoms with Crippen LogP contribution in [0.1, 0.15) is 55.5 Å². The van der Waals surface area contributed by atoms with E-state index >= 15 is 0 Å². The summed E-state index contributed by atoms with van der Waals surface area (Å²) in [5.74, 6) is 0.824. The van der Waals surface area contributed by atoms with Crippen molar-refractivity contribution in [3.63, 3.8) is 0 Å². The number of hydroxylamine groups is 1. The van der Waals surface area contributed by atoms with Crippen molar-refractivity contribution in [2.45, 2.75) is 45.1 Å². The van der Waals surface area contributed by atoms with Crippen LogP contribution < -0.4 is 10.2 Å². The monoisotopic (exact) mass is 592 g/mol. The number of benzene rings is 2. The molecule has 8 heteroatoms. The van der Waals surface area contributed by atoms with Gasteiger partial charge in [-0.05, 0) is 81.0 Å². The van der Waals surface area contributed by atoms with Gasteiger partial charge in [-0.3, -0.25) is 25.0 Å². The molecule has 206 valence electrons. The molecule has 3 heterocycles. The molecule has 5 rings (SSSR count). The highest BCUT2D eigenvalue weighted by Crippen LogP contribution is 2.35. The average Bonchev–Trinajstić information content (AvgIpc) is 2.98. The molecule has 0 bridgehead atoms. The number of rotatable bonds is 7. The van der Waals surface area contributed by atoms with Crippen LogP contribution in [0, 0.1) is 0 Å². The van der Waals surface area contributed by atoms with Crippen molar-refractivity contribution in [2.75, 3.05) is 39.9 Å². The number of hydrogen-bond donors (Lipinski definition) is 1. The lowest BCUT2D eigenvalue weighted by atomic mass is 9.84. The zero-order valence-electron chi connectivity index (χ0n) is 23.0. The smallest absolute Gasteiger partial charge is 0.254 e. The zero-order chi connectivity index (χ0) is 27.4. The number of carbonyl (C=O) groups excluding carboxylic acids is 1. The lowest BCUT2D eigenvalue weighted by molar-refractivity contribution is 0.0257. The predicted octanol–water partition coefficient (Wildman–Crippen LogP) is 6.05. The molecule has 1 amide bonds. The van der Waals surface area contributed by atoms with E-state index in [-0.39, 0.29) is 11.4 Å². The molecule has 39 heavy (non-hydrogen) atoms. The number of likely N-dealkylation sites (tertiary alicyclic amines) is 2. The molecule has 0 unspecified atom stereocenters. The minimum absolute atomic E-state index is 0.0830. The Labute approximate surface area is 239 Å². The second-order valence-corrected chi connectivity index (χ2v) is 11.5. The van der Waals surface area contributed by atoms with Gasteiger partial charge in [0.2, 0.25) is 0 Å². The number of nitrogens with zero attached hydrogens (tertiary/aromatic N) is 3. The van der Waals surface area contributed by atoms with E-state index in [0.29, 0.717) is 12.2 Å². The van der Waals surface area contributed by atoms with E-state index in [1.165, 1.54) is 5.57 Å². The number of ether oxygens (including phenoxy) is 1. The van der Waals surface area contributed by atoms with Gasteiger partial charge in [0, 0.05) is 53.8 Å². The second kappa shape index (κ2) is 12.1. The van der Waals surface area contributed by atoms with E-state index in [4.69, 9.17) is 9.57 Å². The van der Waals surface area contributed by atoms with E-state index in [2.05, 4.69) is 62.5 Å². The van der Waals surface area contributed by atoms with Gasteiger partial charge in [-0.2, -0.15) is 0 Å². The molecular formula is C31H37BrN4O3. The number of halogens is 1. The lowest BCUT2D eigenvalue weighted by Crippen LogP contribution is -2.56. The van der Waals surface area contributed by atoms with Crippen molar-refractivity contribution < 1.29 is 14.4 Å². The summed E-state index contributed by atoms with van der Waals surface area (Å²) in [5.41, 5.74) is 8.44. The molecule has 2 fully saturated rings. The number of carbonyl (C=O) groups is 1. The third kappa shape index (κ3) is 5.98. The molecule has 2 aromatic carbocycles. The minimum atomic E-state index is 0.0830. The first kappa shape index (κ1) is 27.6. The second-order valence-electron chi connectivity index (χ2n) is 10.5. The normalized spacial score (nSPS) is 17.7. The predicted molar refractivity (Wildman–Crippen MR) is 158 cm³/mol. The van der Waals surface area contributed by atoms with Crippen LogP contribution in [0.25, 0.3) is 16.6 Å². The number of methoxy groups -OCH3 is 1. The highest BCUT2D eigenvalue weighted by atomic mass is 79.9. The van der Waals surface area contributed by atoms with Crippen LogP contribution in [0.5, 0.6) is 5.75 Å². The first-order chi connectivity index (χ1) is 18.9. The molecule has 2 aliphatic rings. The average molecular weight is 594 g/mol. The number of aromatic nitrogens is 1. The Balaban J connectivity index is 1.24. The quantitative estimate of drug-likeness (QED) is 0.337. The van der Waals surface area contributed by atoms with Gasteiger partial charge in [0.15, 0.2) is 0 Å². The first-order valence-corrected chi connectivity index (χ1v) is 14.5. The summed E-state index contributed by atoms with van der Waals surface area (Å²) in [5, 5.41) is 0.870. The molecule has 0 spiro atoms. The third-order valence-corrected chi connectivity index (χ3v) is 8.77. The maximum atomic E-state index is 13.5. The number of piperidine rings is 2. The Morgan fingerprint density at radius 2 is 1.77 bits per heavy atom. The fraction of sp³-hybridized carbons (Fsp3) is 0.419. The van der Waals surface area contributed by atoms with Gasteiger partial charge in [0.25, 0.3) is 5.91 Å². The summed E-state index contributed by atoms with van der Waals surface area (Å²) in [6, 6.07) is 15.9. The Hall–Kier alpha value is -2.94. The lowest BCUT2D eigenvalue weighted by Gasteiger charge is -2.48. The van der Waals surface area contributed by atoms with Crippen LogP contribution in [0.15, 0.2) is 64.8 Å². The largest absolute Gasteiger partial charge is 0.497 e. The summed E-state index contributed by atoms with van der Waals surface area (Å²) in [7, 11) is 1.64. The number of fused-ring (bicyclic) bond motifs is 1. The van der Waals surface area contributed by atoms with E-state index in [1.807, 2.05) is 36.1 Å². The SMILES string of the molecule is CCONC(=C1CCN(C2(C)CCN(C(=O)c3ccnc4cc(OC)ccc34)CC2)CC1)c1ccc(Br)cc1. The van der Waals surface area contributed by atoms with Gasteiger partial charge in [-0.25, -0.2) is 0 Å². The number of hydrogen-bond acceptors (Lipinski definition) is 6. The van der Waals surface area contributed by atoms with Gasteiger partial charge < -0.3 is 9.64 Å². The molecule has 2 aliphatic heterocycles. The molecule has 0 atom stereocenters. The Kier molecular flexibility index (Phi) is 8.54. The molecule has 0 radical (unpaired) electrons. The van der Waals surface area contributed by atoms with Crippen molar-refractivity contribution in [3.8, 4) is 5.75 Å². The van der Waals surface area contributed by atoms with E-state index in [1.54, 1.807) is 13.3 Å². The molecule has 1 N–H and O–H groups in total. The molecular weight excluding hydrogens is 556 g/mol. The number of pyridine rings is 1. The van der Waals surface area contributed by atoms with Crippen LogP contribution >= 0.6 is 15.9 Å². The summed E-state index contributed by atoms with van der Waals surface area (Å²) in [4.78, 5) is 28.2. The topological polar surface area (TPSA) is 66.9 Å². The van der Waals surface area contributed by atoms with Crippen LogP contribution in [0.3, 0.4) is 0 Å². The van der Waals surface area contributed by atoms with Crippen molar-refractivity contribution in [3.05, 3.63) is 75.9 Å². The Morgan fingerprint density at radius 1 is 1.05 bits per heavy atom. The molecule has 7 nitrogen and oxygen atoms in total. The Bertz CT molecular complexity index is 1340. The zero-order valence-corrected chi connectivity index (χ0v) is 24.6. The fourth-order valence-electron chi connectivity index (χ4n) is 5.78. The third-order valence-electron chi connectivity index (χ3n) is 8.24. The molecule has 2 saturated heterocycles. The van der Waals surface area contributed by atoms with Crippen molar-refractivity contribution in [2.24, 2.45) is 0 Å². The van der Waals surface area contributed by atoms with Gasteiger partial charge in [0.1, 0.15) is 5.75 Å². The fourth-order valence-corrected chi connectivity index (χ4v) is 6.05. The maximum Gasteiger partial charge on any atom is 0.254 e. The number of amides is 1. The number of nitrogens with one attached hydrogen (secondary N) is 1. The van der Waals surface area contributed by atoms with Crippen molar-refractivity contribution >= 4 is 38.4 Å². The van der Waals surface area contributed by atoms with E-state index < -0.39 is 0 Å². The summed E-state index contributed by atoms with van der Waals surface area (Å²) >= 11 is 3.54. The highest BCUT2D eigenvalue weighted by molar-refractivity contribution is 9.10. The maximum absolute atomic E-state index is 13.5. The molecule has 1 aromatic heterocycles. The van der Waals surface area contributed by atoms with Gasteiger partial charge in [0.05, 0.1) is 30.5 Å². The standard InChI is InChI=1S/C31H37BrN4O3/c1-4-39-34-29(22-5-7-24(32)8-6-22)23-12-17-36(18-13-23)31(2)14-19-35(20-15-31)30(37)27-11-16-33-28-21-25(38-3)9-10-26(27)28/h5-11,16,21,34H,4,12-15,17-20H2,1-3H3. The van der Waals surface area contributed by atoms with Crippen LogP contribution in [-0.4, -0.2) is 66.1 Å². The minimum Gasteiger partial charge on any atom is -0.497 e. The van der Waals surface area contributed by atoms with Crippen LogP contribution in [0.2, 0.25) is 0 Å². The Morgan fingerprint density at radius 3 is 2.44 bits per heavy atom. The van der Waals surface area contributed by atoms with Gasteiger partial charge in [-0.15, -0.1) is 0 Å². The summed E-state index contributed by atoms with van der Waals surface area (Å²) < 4.78 is 6.40. The molecule has 3 aromatic rings. The van der Waals surface area contributed by atoms with Crippen LogP contribution in [-0.2, 0) is 4.84 Å². The van der Waals surface area contributed by atoms with Gasteiger partial charge >= 0.3 is 0 Å². The first-order valence-electron chi connectivity index (χ1n) is 13.7. The molecule has 0 aliphatic carbocycles. The van der Waals surface area contributed by atoms with Crippen molar-refractivity contribution in [1.29, 1.82) is 0 Å². The summed E-state index contributed by atoms with van der Waals surface area (Å²) in [6.45, 7) is 8.48. The molecule has 0 saturated carbocycles. The highest BCUT2D eigenvalue weighted by Gasteiger charge is 2.38. The van der Waals surface area contributed by atoms with E-state index in [0.717, 1.165) is 84.2 Å². The van der Waals surface area contributed by atoms with Crippen molar-refractivity contribution in [1.82, 2.24) is 20.3 Å². The van der Waals surface area contributed by atoms with Crippen LogP contribution in [0.4, 0.5) is 0 Å². The summed E-state index contributed by atoms with van der Waals surface area (Å²) in [6.07, 6.45) is 5.63. The van der Waals surface area contributed by atoms with Gasteiger partial charge in [-0.1, -0.05) is 28.1 Å².